The van der Waals surface area contributed by atoms with Crippen LogP contribution in [-0.4, -0.2) is 0 Å². The zero-order valence-corrected chi connectivity index (χ0v) is 31.7. The molecule has 0 atom stereocenters. The van der Waals surface area contributed by atoms with Crippen molar-refractivity contribution in [3.8, 4) is 11.1 Å². The van der Waals surface area contributed by atoms with Gasteiger partial charge in [0.15, 0.2) is 0 Å². The first-order chi connectivity index (χ1) is 26.9. The predicted octanol–water partition coefficient (Wildman–Crippen LogP) is 15.0. The number of nitrogens with zero attached hydrogens (tertiary/aromatic N) is 2. The number of para-hydroxylation sites is 2. The Morgan fingerprint density at radius 3 is 1.45 bits per heavy atom. The third-order valence-corrected chi connectivity index (χ3v) is 11.6. The predicted molar refractivity (Wildman–Crippen MR) is 235 cm³/mol. The molecule has 0 radical (unpaired) electrons. The molecule has 2 heteroatoms. The van der Waals surface area contributed by atoms with Crippen LogP contribution in [-0.2, 0) is 5.41 Å². The fourth-order valence-electron chi connectivity index (χ4n) is 9.23. The van der Waals surface area contributed by atoms with E-state index in [1.807, 2.05) is 0 Å². The normalized spacial score (nSPS) is 12.9. The summed E-state index contributed by atoms with van der Waals surface area (Å²) in [6, 6.07) is 66.9. The average Bonchev–Trinajstić information content (AvgIpc) is 3.46. The Kier molecular flexibility index (Phi) is 7.64. The summed E-state index contributed by atoms with van der Waals surface area (Å²) < 4.78 is 0. The highest BCUT2D eigenvalue weighted by Gasteiger charge is 2.40. The summed E-state index contributed by atoms with van der Waals surface area (Å²) in [5, 5.41) is 7.68. The van der Waals surface area contributed by atoms with E-state index in [0.717, 1.165) is 28.4 Å². The number of aryl methyl sites for hydroxylation is 2. The quantitative estimate of drug-likeness (QED) is 0.159. The van der Waals surface area contributed by atoms with Crippen molar-refractivity contribution in [1.29, 1.82) is 0 Å². The molecule has 0 N–H and O–H groups in total. The van der Waals surface area contributed by atoms with Crippen molar-refractivity contribution in [2.75, 3.05) is 9.80 Å². The molecule has 55 heavy (non-hydrogen) atoms. The van der Waals surface area contributed by atoms with Gasteiger partial charge in [-0.05, 0) is 141 Å². The first-order valence-electron chi connectivity index (χ1n) is 19.3. The average molecular weight is 707 g/mol. The van der Waals surface area contributed by atoms with E-state index in [1.54, 1.807) is 0 Å². The Hall–Kier alpha value is -6.64. The van der Waals surface area contributed by atoms with Gasteiger partial charge in [-0.1, -0.05) is 129 Å². The van der Waals surface area contributed by atoms with Crippen LogP contribution in [0.4, 0.5) is 34.1 Å². The van der Waals surface area contributed by atoms with E-state index < -0.39 is 0 Å². The zero-order chi connectivity index (χ0) is 37.3. The monoisotopic (exact) mass is 706 g/mol. The molecule has 0 aromatic heterocycles. The number of hydrogen-bond donors (Lipinski definition) is 0. The molecule has 0 saturated carbocycles. The molecule has 0 heterocycles. The van der Waals surface area contributed by atoms with Crippen LogP contribution < -0.4 is 9.80 Å². The van der Waals surface area contributed by atoms with Crippen LogP contribution in [0.3, 0.4) is 0 Å². The molecule has 0 fully saturated rings. The van der Waals surface area contributed by atoms with Crippen molar-refractivity contribution in [3.05, 3.63) is 204 Å². The molecule has 1 aliphatic rings. The minimum Gasteiger partial charge on any atom is -0.310 e. The Morgan fingerprint density at radius 1 is 0.345 bits per heavy atom. The van der Waals surface area contributed by atoms with E-state index in [1.165, 1.54) is 71.4 Å². The summed E-state index contributed by atoms with van der Waals surface area (Å²) in [5.74, 6) is 0. The molecule has 0 bridgehead atoms. The fourth-order valence-corrected chi connectivity index (χ4v) is 9.23. The maximum Gasteiger partial charge on any atom is 0.0543 e. The highest BCUT2D eigenvalue weighted by atomic mass is 15.1. The molecule has 10 rings (SSSR count). The van der Waals surface area contributed by atoms with E-state index in [-0.39, 0.29) is 5.41 Å². The third-order valence-electron chi connectivity index (χ3n) is 11.6. The Balaban J connectivity index is 1.26. The molecule has 2 nitrogen and oxygen atoms in total. The lowest BCUT2D eigenvalue weighted by Crippen LogP contribution is -2.17. The van der Waals surface area contributed by atoms with Gasteiger partial charge in [0, 0.05) is 39.2 Å². The van der Waals surface area contributed by atoms with Gasteiger partial charge >= 0.3 is 0 Å². The van der Waals surface area contributed by atoms with Crippen LogP contribution in [0.15, 0.2) is 182 Å². The van der Waals surface area contributed by atoms with Gasteiger partial charge in [0.1, 0.15) is 0 Å². The largest absolute Gasteiger partial charge is 0.310 e. The molecule has 0 saturated heterocycles. The van der Waals surface area contributed by atoms with E-state index in [9.17, 15) is 0 Å². The molecular weight excluding hydrogens is 665 g/mol. The zero-order valence-electron chi connectivity index (χ0n) is 31.7. The second-order valence-electron chi connectivity index (χ2n) is 15.5. The van der Waals surface area contributed by atoms with Gasteiger partial charge in [0.25, 0.3) is 0 Å². The molecule has 0 unspecified atom stereocenters. The number of hydrogen-bond acceptors (Lipinski definition) is 2. The lowest BCUT2D eigenvalue weighted by atomic mass is 9.79. The third kappa shape index (κ3) is 5.24. The van der Waals surface area contributed by atoms with Crippen molar-refractivity contribution in [1.82, 2.24) is 0 Å². The summed E-state index contributed by atoms with van der Waals surface area (Å²) in [4.78, 5) is 4.83. The van der Waals surface area contributed by atoms with Crippen LogP contribution in [0.1, 0.15) is 36.1 Å². The van der Waals surface area contributed by atoms with Crippen molar-refractivity contribution in [3.63, 3.8) is 0 Å². The van der Waals surface area contributed by atoms with E-state index in [0.29, 0.717) is 0 Å². The first kappa shape index (κ1) is 33.0. The summed E-state index contributed by atoms with van der Waals surface area (Å²) in [7, 11) is 0. The van der Waals surface area contributed by atoms with Crippen molar-refractivity contribution >= 4 is 66.4 Å². The maximum absolute atomic E-state index is 2.50. The summed E-state index contributed by atoms with van der Waals surface area (Å²) in [6.07, 6.45) is 0. The second-order valence-corrected chi connectivity index (χ2v) is 15.5. The smallest absolute Gasteiger partial charge is 0.0543 e. The highest BCUT2D eigenvalue weighted by molar-refractivity contribution is 6.23. The molecule has 9 aromatic rings. The fraction of sp³-hybridized carbons (Fsp3) is 0.0943. The van der Waals surface area contributed by atoms with E-state index in [2.05, 4.69) is 219 Å². The topological polar surface area (TPSA) is 6.48 Å². The van der Waals surface area contributed by atoms with Gasteiger partial charge in [0.2, 0.25) is 0 Å². The number of anilines is 6. The molecule has 1 aliphatic carbocycles. The lowest BCUT2D eigenvalue weighted by molar-refractivity contribution is 0.667. The second kappa shape index (κ2) is 12.7. The Morgan fingerprint density at radius 2 is 0.836 bits per heavy atom. The molecule has 0 aliphatic heterocycles. The van der Waals surface area contributed by atoms with Crippen LogP contribution in [0.2, 0.25) is 0 Å². The minimum absolute atomic E-state index is 0.280. The summed E-state index contributed by atoms with van der Waals surface area (Å²) in [6.45, 7) is 9.20. The molecule has 0 amide bonds. The molecule has 264 valence electrons. The van der Waals surface area contributed by atoms with Crippen molar-refractivity contribution in [2.45, 2.75) is 33.1 Å². The SMILES string of the molecule is Cc1cccc(N(c2ccccc2)c2ccc3c4c(c5ccccc5c3c2)-c2c(cc(N(c3ccccc3)c3cccc(C)c3)c3ccccc23)C4(C)C)c1. The number of fused-ring (bicyclic) bond motifs is 10. The van der Waals surface area contributed by atoms with Gasteiger partial charge in [-0.2, -0.15) is 0 Å². The van der Waals surface area contributed by atoms with E-state index in [4.69, 9.17) is 0 Å². The minimum atomic E-state index is -0.280. The standard InChI is InChI=1S/C53H42N2/c1-35-17-15-23-39(31-35)54(37-19-7-5-8-20-37)41-29-30-46-47(33-41)42-25-11-13-27-44(42)51-50-45-28-14-12-26-43(45)49(34-48(50)53(3,4)52(46)51)55(38-21-9-6-10-22-38)40-24-16-18-36(2)32-40/h5-34H,1-4H3. The van der Waals surface area contributed by atoms with Crippen LogP contribution in [0, 0.1) is 13.8 Å². The lowest BCUT2D eigenvalue weighted by Gasteiger charge is -2.30. The van der Waals surface area contributed by atoms with Gasteiger partial charge in [-0.15, -0.1) is 0 Å². The van der Waals surface area contributed by atoms with Crippen molar-refractivity contribution in [2.24, 2.45) is 0 Å². The van der Waals surface area contributed by atoms with Gasteiger partial charge < -0.3 is 9.80 Å². The number of rotatable bonds is 6. The molecular formula is C53H42N2. The van der Waals surface area contributed by atoms with Gasteiger partial charge in [-0.25, -0.2) is 0 Å². The number of benzene rings is 9. The Labute approximate surface area is 323 Å². The molecule has 0 spiro atoms. The van der Waals surface area contributed by atoms with Crippen LogP contribution >= 0.6 is 0 Å². The Bertz CT molecular complexity index is 2920. The summed E-state index contributed by atoms with van der Waals surface area (Å²) >= 11 is 0. The van der Waals surface area contributed by atoms with Gasteiger partial charge in [0.05, 0.1) is 5.69 Å². The van der Waals surface area contributed by atoms with E-state index >= 15 is 0 Å². The van der Waals surface area contributed by atoms with Gasteiger partial charge in [-0.3, -0.25) is 0 Å². The first-order valence-corrected chi connectivity index (χ1v) is 19.3. The van der Waals surface area contributed by atoms with Crippen LogP contribution in [0.25, 0.3) is 43.4 Å². The highest BCUT2D eigenvalue weighted by Crippen LogP contribution is 2.59. The summed E-state index contributed by atoms with van der Waals surface area (Å²) in [5.41, 5.74) is 14.6. The van der Waals surface area contributed by atoms with Crippen LogP contribution in [0.5, 0.6) is 0 Å². The molecule has 9 aromatic carbocycles. The maximum atomic E-state index is 2.50. The van der Waals surface area contributed by atoms with Crippen molar-refractivity contribution < 1.29 is 0 Å².